The van der Waals surface area contributed by atoms with Gasteiger partial charge in [-0.25, -0.2) is 0 Å². The molecule has 15 heavy (non-hydrogen) atoms. The van der Waals surface area contributed by atoms with E-state index in [0.29, 0.717) is 11.3 Å². The second-order valence-electron chi connectivity index (χ2n) is 2.79. The highest BCUT2D eigenvalue weighted by Gasteiger charge is 2.14. The number of halogens is 2. The van der Waals surface area contributed by atoms with Gasteiger partial charge in [0.25, 0.3) is 0 Å². The standard InChI is InChI=1S/C10H8Br2O3/c1-6(13)15-8-4-2-3-7(5-8)9(14)10(11)12/h2-5,10H,1H3. The Labute approximate surface area is 104 Å². The molecule has 0 N–H and O–H groups in total. The largest absolute Gasteiger partial charge is 0.427 e. The van der Waals surface area contributed by atoms with E-state index in [0.717, 1.165) is 0 Å². The minimum atomic E-state index is -0.433. The third kappa shape index (κ3) is 3.76. The Balaban J connectivity index is 2.92. The Kier molecular flexibility index (Phi) is 4.47. The maximum atomic E-state index is 11.5. The molecule has 0 atom stereocenters. The van der Waals surface area contributed by atoms with E-state index >= 15 is 0 Å². The van der Waals surface area contributed by atoms with Gasteiger partial charge in [0.05, 0.1) is 0 Å². The van der Waals surface area contributed by atoms with Crippen LogP contribution in [0.1, 0.15) is 17.3 Å². The van der Waals surface area contributed by atoms with Crippen LogP contribution in [0, 0.1) is 0 Å². The summed E-state index contributed by atoms with van der Waals surface area (Å²) in [6.07, 6.45) is 0. The van der Waals surface area contributed by atoms with Gasteiger partial charge in [-0.05, 0) is 12.1 Å². The Hall–Kier alpha value is -0.680. The molecule has 0 radical (unpaired) electrons. The number of alkyl halides is 2. The van der Waals surface area contributed by atoms with Crippen LogP contribution in [0.3, 0.4) is 0 Å². The van der Waals surface area contributed by atoms with Crippen molar-refractivity contribution in [1.82, 2.24) is 0 Å². The van der Waals surface area contributed by atoms with Gasteiger partial charge < -0.3 is 4.74 Å². The van der Waals surface area contributed by atoms with Gasteiger partial charge in [0, 0.05) is 12.5 Å². The SMILES string of the molecule is CC(=O)Oc1cccc(C(=O)C(Br)Br)c1. The smallest absolute Gasteiger partial charge is 0.308 e. The van der Waals surface area contributed by atoms with Crippen LogP contribution in [0.5, 0.6) is 5.75 Å². The molecule has 0 spiro atoms. The molecule has 3 nitrogen and oxygen atoms in total. The number of Topliss-reactive ketones (excluding diaryl/α,β-unsaturated/α-hetero) is 1. The van der Waals surface area contributed by atoms with Crippen molar-refractivity contribution in [3.8, 4) is 5.75 Å². The summed E-state index contributed by atoms with van der Waals surface area (Å²) in [4.78, 5) is 22.3. The van der Waals surface area contributed by atoms with Gasteiger partial charge in [-0.1, -0.05) is 44.0 Å². The van der Waals surface area contributed by atoms with Gasteiger partial charge in [0.15, 0.2) is 5.78 Å². The fourth-order valence-corrected chi connectivity index (χ4v) is 1.53. The predicted molar refractivity (Wildman–Crippen MR) is 63.7 cm³/mol. The highest BCUT2D eigenvalue weighted by atomic mass is 79.9. The van der Waals surface area contributed by atoms with E-state index in [2.05, 4.69) is 31.9 Å². The second-order valence-corrected chi connectivity index (χ2v) is 5.85. The van der Waals surface area contributed by atoms with Crippen molar-refractivity contribution in [2.75, 3.05) is 0 Å². The fraction of sp³-hybridized carbons (Fsp3) is 0.200. The fourth-order valence-electron chi connectivity index (χ4n) is 1.00. The second kappa shape index (κ2) is 5.42. The first kappa shape index (κ1) is 12.4. The van der Waals surface area contributed by atoms with E-state index < -0.39 is 9.71 Å². The number of carbonyl (C=O) groups is 2. The third-order valence-electron chi connectivity index (χ3n) is 1.58. The van der Waals surface area contributed by atoms with Gasteiger partial charge >= 0.3 is 5.97 Å². The number of hydrogen-bond acceptors (Lipinski definition) is 3. The van der Waals surface area contributed by atoms with Crippen LogP contribution in [0.25, 0.3) is 0 Å². The molecular formula is C10H8Br2O3. The molecule has 1 rings (SSSR count). The first-order valence-electron chi connectivity index (χ1n) is 4.11. The van der Waals surface area contributed by atoms with Crippen LogP contribution >= 0.6 is 31.9 Å². The molecule has 0 aliphatic heterocycles. The van der Waals surface area contributed by atoms with E-state index in [1.54, 1.807) is 18.2 Å². The van der Waals surface area contributed by atoms with Gasteiger partial charge in [-0.15, -0.1) is 0 Å². The van der Waals surface area contributed by atoms with Crippen LogP contribution < -0.4 is 4.74 Å². The number of ether oxygens (including phenoxy) is 1. The molecule has 0 heterocycles. The van der Waals surface area contributed by atoms with Crippen molar-refractivity contribution >= 4 is 43.6 Å². The lowest BCUT2D eigenvalue weighted by molar-refractivity contribution is -0.131. The molecule has 5 heteroatoms. The summed E-state index contributed by atoms with van der Waals surface area (Å²) < 4.78 is 4.43. The number of benzene rings is 1. The average molecular weight is 336 g/mol. The van der Waals surface area contributed by atoms with Gasteiger partial charge in [0.1, 0.15) is 9.49 Å². The molecule has 0 fully saturated rings. The lowest BCUT2D eigenvalue weighted by atomic mass is 10.1. The summed E-state index contributed by atoms with van der Waals surface area (Å²) in [6, 6.07) is 6.47. The molecule has 1 aromatic rings. The molecule has 0 amide bonds. The summed E-state index contributed by atoms with van der Waals surface area (Å²) in [5.74, 6) is -0.160. The van der Waals surface area contributed by atoms with E-state index in [9.17, 15) is 9.59 Å². The van der Waals surface area contributed by atoms with Gasteiger partial charge in [-0.3, -0.25) is 9.59 Å². The zero-order valence-electron chi connectivity index (χ0n) is 7.87. The van der Waals surface area contributed by atoms with E-state index in [1.807, 2.05) is 0 Å². The van der Waals surface area contributed by atoms with Crippen LogP contribution in [0.2, 0.25) is 0 Å². The molecule has 0 unspecified atom stereocenters. The number of rotatable bonds is 3. The lowest BCUT2D eigenvalue weighted by Crippen LogP contribution is -2.08. The monoisotopic (exact) mass is 334 g/mol. The molecule has 0 saturated heterocycles. The van der Waals surface area contributed by atoms with Crippen molar-refractivity contribution in [3.05, 3.63) is 29.8 Å². The van der Waals surface area contributed by atoms with E-state index in [-0.39, 0.29) is 5.78 Å². The molecule has 1 aromatic carbocycles. The third-order valence-corrected chi connectivity index (χ3v) is 2.41. The first-order chi connectivity index (χ1) is 7.00. The average Bonchev–Trinajstić information content (AvgIpc) is 2.16. The highest BCUT2D eigenvalue weighted by Crippen LogP contribution is 2.19. The summed E-state index contributed by atoms with van der Waals surface area (Å²) in [6.45, 7) is 1.31. The Bertz CT molecular complexity index is 388. The summed E-state index contributed by atoms with van der Waals surface area (Å²) in [5.41, 5.74) is 0.479. The predicted octanol–water partition coefficient (Wildman–Crippen LogP) is 2.91. The quantitative estimate of drug-likeness (QED) is 0.369. The number of hydrogen-bond donors (Lipinski definition) is 0. The maximum absolute atomic E-state index is 11.5. The normalized spacial score (nSPS) is 10.1. The zero-order valence-corrected chi connectivity index (χ0v) is 11.0. The van der Waals surface area contributed by atoms with Crippen molar-refractivity contribution in [3.63, 3.8) is 0 Å². The number of esters is 1. The van der Waals surface area contributed by atoms with Crippen LogP contribution in [-0.4, -0.2) is 15.5 Å². The summed E-state index contributed by atoms with van der Waals surface area (Å²) >= 11 is 6.22. The molecular weight excluding hydrogens is 328 g/mol. The van der Waals surface area contributed by atoms with E-state index in [4.69, 9.17) is 4.74 Å². The minimum absolute atomic E-state index is 0.121. The molecule has 0 aromatic heterocycles. The van der Waals surface area contributed by atoms with Crippen molar-refractivity contribution < 1.29 is 14.3 Å². The molecule has 0 saturated carbocycles. The Morgan fingerprint density at radius 2 is 2.00 bits per heavy atom. The topological polar surface area (TPSA) is 43.4 Å². The van der Waals surface area contributed by atoms with Gasteiger partial charge in [-0.2, -0.15) is 0 Å². The number of carbonyl (C=O) groups excluding carboxylic acids is 2. The summed E-state index contributed by atoms with van der Waals surface area (Å²) in [7, 11) is 0. The van der Waals surface area contributed by atoms with Crippen LogP contribution in [0.4, 0.5) is 0 Å². The Morgan fingerprint density at radius 3 is 2.53 bits per heavy atom. The van der Waals surface area contributed by atoms with Crippen LogP contribution in [-0.2, 0) is 4.79 Å². The molecule has 0 aliphatic rings. The lowest BCUT2D eigenvalue weighted by Gasteiger charge is -2.04. The minimum Gasteiger partial charge on any atom is -0.427 e. The first-order valence-corrected chi connectivity index (χ1v) is 5.94. The molecule has 0 bridgehead atoms. The maximum Gasteiger partial charge on any atom is 0.308 e. The van der Waals surface area contributed by atoms with Crippen molar-refractivity contribution in [1.29, 1.82) is 0 Å². The highest BCUT2D eigenvalue weighted by molar-refractivity contribution is 9.25. The molecule has 80 valence electrons. The van der Waals surface area contributed by atoms with Crippen molar-refractivity contribution in [2.24, 2.45) is 0 Å². The van der Waals surface area contributed by atoms with Gasteiger partial charge in [0.2, 0.25) is 0 Å². The van der Waals surface area contributed by atoms with Crippen molar-refractivity contribution in [2.45, 2.75) is 10.7 Å². The Morgan fingerprint density at radius 1 is 1.33 bits per heavy atom. The van der Waals surface area contributed by atoms with Crippen LogP contribution in [0.15, 0.2) is 24.3 Å². The molecule has 0 aliphatic carbocycles. The van der Waals surface area contributed by atoms with E-state index in [1.165, 1.54) is 13.0 Å². The number of ketones is 1. The zero-order chi connectivity index (χ0) is 11.4. The summed E-state index contributed by atoms with van der Waals surface area (Å²) in [5, 5.41) is 0.